The highest BCUT2D eigenvalue weighted by atomic mass is 35.5. The molecule has 32 heavy (non-hydrogen) atoms. The highest BCUT2D eigenvalue weighted by Gasteiger charge is 2.18. The summed E-state index contributed by atoms with van der Waals surface area (Å²) in [5.41, 5.74) is 0.811. The second kappa shape index (κ2) is 8.27. The van der Waals surface area contributed by atoms with Crippen molar-refractivity contribution in [2.24, 2.45) is 5.14 Å². The zero-order valence-electron chi connectivity index (χ0n) is 16.2. The molecule has 0 aliphatic carbocycles. The van der Waals surface area contributed by atoms with E-state index >= 15 is 0 Å². The van der Waals surface area contributed by atoms with Crippen molar-refractivity contribution in [3.63, 3.8) is 0 Å². The van der Waals surface area contributed by atoms with Crippen molar-refractivity contribution in [3.8, 4) is 27.9 Å². The molecule has 162 valence electrons. The average Bonchev–Trinajstić information content (AvgIpc) is 2.75. The molecule has 0 saturated carbocycles. The number of hydrogen-bond acceptors (Lipinski definition) is 4. The first kappa shape index (κ1) is 21.8. The van der Waals surface area contributed by atoms with Gasteiger partial charge in [-0.05, 0) is 53.6 Å². The predicted octanol–water partition coefficient (Wildman–Crippen LogP) is 4.15. The summed E-state index contributed by atoms with van der Waals surface area (Å²) in [6.07, 6.45) is 1.38. The maximum atomic E-state index is 14.0. The van der Waals surface area contributed by atoms with E-state index in [-0.39, 0.29) is 26.7 Å². The van der Waals surface area contributed by atoms with Crippen LogP contribution in [0.2, 0.25) is 5.02 Å². The van der Waals surface area contributed by atoms with E-state index in [9.17, 15) is 22.0 Å². The second-order valence-corrected chi connectivity index (χ2v) is 8.80. The van der Waals surface area contributed by atoms with E-state index in [0.717, 1.165) is 10.7 Å². The molecular formula is C22H14ClF2N3O3S. The van der Waals surface area contributed by atoms with E-state index in [0.29, 0.717) is 11.1 Å². The number of rotatable bonds is 4. The fourth-order valence-electron chi connectivity index (χ4n) is 3.22. The van der Waals surface area contributed by atoms with Gasteiger partial charge in [0.25, 0.3) is 5.56 Å². The molecule has 4 rings (SSSR count). The Morgan fingerprint density at radius 2 is 1.66 bits per heavy atom. The molecule has 6 nitrogen and oxygen atoms in total. The van der Waals surface area contributed by atoms with Crippen LogP contribution >= 0.6 is 11.6 Å². The van der Waals surface area contributed by atoms with E-state index in [1.807, 2.05) is 0 Å². The van der Waals surface area contributed by atoms with Crippen LogP contribution in [0.1, 0.15) is 0 Å². The van der Waals surface area contributed by atoms with Gasteiger partial charge in [0.05, 0.1) is 27.4 Å². The first-order chi connectivity index (χ1) is 15.1. The van der Waals surface area contributed by atoms with Gasteiger partial charge < -0.3 is 0 Å². The van der Waals surface area contributed by atoms with Gasteiger partial charge in [0, 0.05) is 5.56 Å². The van der Waals surface area contributed by atoms with E-state index in [1.54, 1.807) is 6.07 Å². The third kappa shape index (κ3) is 4.18. The molecule has 0 saturated heterocycles. The number of primary sulfonamides is 1. The predicted molar refractivity (Wildman–Crippen MR) is 117 cm³/mol. The van der Waals surface area contributed by atoms with Gasteiger partial charge in [-0.15, -0.1) is 0 Å². The van der Waals surface area contributed by atoms with Crippen molar-refractivity contribution < 1.29 is 17.2 Å². The summed E-state index contributed by atoms with van der Waals surface area (Å²) in [6, 6.07) is 14.7. The zero-order chi connectivity index (χ0) is 23.0. The minimum Gasteiger partial charge on any atom is -0.267 e. The zero-order valence-corrected chi connectivity index (χ0v) is 17.7. The van der Waals surface area contributed by atoms with Gasteiger partial charge in [-0.25, -0.2) is 22.3 Å². The Balaban J connectivity index is 1.97. The molecule has 0 amide bonds. The quantitative estimate of drug-likeness (QED) is 0.481. The Kier molecular flexibility index (Phi) is 5.64. The van der Waals surface area contributed by atoms with Crippen molar-refractivity contribution in [1.29, 1.82) is 0 Å². The maximum Gasteiger partial charge on any atom is 0.280 e. The maximum absolute atomic E-state index is 14.0. The summed E-state index contributed by atoms with van der Waals surface area (Å²) in [7, 11) is -3.90. The van der Waals surface area contributed by atoms with Gasteiger partial charge in [-0.3, -0.25) is 4.79 Å². The molecule has 2 N–H and O–H groups in total. The van der Waals surface area contributed by atoms with E-state index in [2.05, 4.69) is 5.10 Å². The molecule has 10 heteroatoms. The minimum absolute atomic E-state index is 0.101. The number of benzene rings is 3. The number of nitrogens with two attached hydrogens (primary N) is 1. The molecule has 4 aromatic rings. The summed E-state index contributed by atoms with van der Waals surface area (Å²) in [4.78, 5) is 13.3. The molecular weight excluding hydrogens is 460 g/mol. The minimum atomic E-state index is -3.90. The lowest BCUT2D eigenvalue weighted by Crippen LogP contribution is -2.23. The second-order valence-electron chi connectivity index (χ2n) is 6.83. The fraction of sp³-hybridized carbons (Fsp3) is 0. The van der Waals surface area contributed by atoms with E-state index in [4.69, 9.17) is 16.7 Å². The Morgan fingerprint density at radius 1 is 0.938 bits per heavy atom. The van der Waals surface area contributed by atoms with E-state index in [1.165, 1.54) is 60.8 Å². The fourth-order valence-corrected chi connectivity index (χ4v) is 3.91. The topological polar surface area (TPSA) is 95.1 Å². The number of aromatic nitrogens is 2. The van der Waals surface area contributed by atoms with Gasteiger partial charge in [-0.1, -0.05) is 35.9 Å². The molecule has 1 aromatic heterocycles. The van der Waals surface area contributed by atoms with Crippen LogP contribution in [0.25, 0.3) is 27.9 Å². The van der Waals surface area contributed by atoms with Gasteiger partial charge >= 0.3 is 0 Å². The van der Waals surface area contributed by atoms with Crippen LogP contribution in [0.5, 0.6) is 0 Å². The van der Waals surface area contributed by atoms with Gasteiger partial charge in [-0.2, -0.15) is 9.78 Å². The molecule has 3 aromatic carbocycles. The Labute approximate surface area is 186 Å². The molecule has 0 spiro atoms. The Bertz CT molecular complexity index is 1500. The smallest absolute Gasteiger partial charge is 0.267 e. The molecule has 0 aliphatic heterocycles. The number of sulfonamides is 1. The van der Waals surface area contributed by atoms with Crippen LogP contribution in [0.4, 0.5) is 8.78 Å². The highest BCUT2D eigenvalue weighted by molar-refractivity contribution is 7.89. The molecule has 0 bridgehead atoms. The van der Waals surface area contributed by atoms with Crippen molar-refractivity contribution in [3.05, 3.63) is 99.9 Å². The van der Waals surface area contributed by atoms with Crippen LogP contribution in [0.15, 0.2) is 82.6 Å². The third-order valence-corrected chi connectivity index (χ3v) is 5.95. The molecule has 0 atom stereocenters. The lowest BCUT2D eigenvalue weighted by molar-refractivity contribution is 0.598. The third-order valence-electron chi connectivity index (χ3n) is 4.73. The number of halogens is 3. The SMILES string of the molecule is NS(=O)(=O)c1ccc(-c2cnn(-c3ccc(F)c(Cl)c3)c(=O)c2-c2cccc(F)c2)cc1. The molecule has 0 unspecified atom stereocenters. The van der Waals surface area contributed by atoms with Crippen molar-refractivity contribution in [1.82, 2.24) is 9.78 Å². The molecule has 0 radical (unpaired) electrons. The van der Waals surface area contributed by atoms with Crippen LogP contribution in [-0.4, -0.2) is 18.2 Å². The van der Waals surface area contributed by atoms with Gasteiger partial charge in [0.2, 0.25) is 10.0 Å². The normalized spacial score (nSPS) is 11.5. The molecule has 1 heterocycles. The first-order valence-electron chi connectivity index (χ1n) is 9.12. The van der Waals surface area contributed by atoms with Crippen LogP contribution in [0, 0.1) is 11.6 Å². The summed E-state index contributed by atoms with van der Waals surface area (Å²) < 4.78 is 51.6. The van der Waals surface area contributed by atoms with Crippen molar-refractivity contribution in [2.45, 2.75) is 4.90 Å². The number of nitrogens with zero attached hydrogens (tertiary/aromatic N) is 2. The lowest BCUT2D eigenvalue weighted by Gasteiger charge is -2.13. The van der Waals surface area contributed by atoms with Crippen LogP contribution < -0.4 is 10.7 Å². The first-order valence-corrected chi connectivity index (χ1v) is 11.0. The van der Waals surface area contributed by atoms with Crippen molar-refractivity contribution >= 4 is 21.6 Å². The van der Waals surface area contributed by atoms with Crippen LogP contribution in [-0.2, 0) is 10.0 Å². The highest BCUT2D eigenvalue weighted by Crippen LogP contribution is 2.30. The molecule has 0 fully saturated rings. The summed E-state index contributed by atoms with van der Waals surface area (Å²) in [5.74, 6) is -1.20. The van der Waals surface area contributed by atoms with Crippen LogP contribution in [0.3, 0.4) is 0 Å². The summed E-state index contributed by atoms with van der Waals surface area (Å²) in [6.45, 7) is 0. The Morgan fingerprint density at radius 3 is 2.28 bits per heavy atom. The average molecular weight is 474 g/mol. The Hall–Kier alpha value is -3.40. The van der Waals surface area contributed by atoms with Gasteiger partial charge in [0.1, 0.15) is 11.6 Å². The van der Waals surface area contributed by atoms with Gasteiger partial charge in [0.15, 0.2) is 0 Å². The lowest BCUT2D eigenvalue weighted by atomic mass is 9.97. The standard InChI is InChI=1S/C22H14ClF2N3O3S/c23-19-11-16(6-9-20(19)25)28-22(29)21(14-2-1-3-15(24)10-14)18(12-27-28)13-4-7-17(8-5-13)32(26,30)31/h1-12H,(H2,26,30,31). The summed E-state index contributed by atoms with van der Waals surface area (Å²) >= 11 is 5.85. The summed E-state index contributed by atoms with van der Waals surface area (Å²) in [5, 5.41) is 9.11. The van der Waals surface area contributed by atoms with Crippen molar-refractivity contribution in [2.75, 3.05) is 0 Å². The van der Waals surface area contributed by atoms with E-state index < -0.39 is 27.2 Å². The number of hydrogen-bond donors (Lipinski definition) is 1. The largest absolute Gasteiger partial charge is 0.280 e. The molecule has 0 aliphatic rings. The monoisotopic (exact) mass is 473 g/mol.